The summed E-state index contributed by atoms with van der Waals surface area (Å²) in [4.78, 5) is 47.1. The van der Waals surface area contributed by atoms with E-state index < -0.39 is 30.3 Å². The SMILES string of the molecule is Cc1ccc(NC(=O)COC(=O)CCCC(=O)NNC(=O)c2ccccc2)cc1C. The van der Waals surface area contributed by atoms with E-state index in [2.05, 4.69) is 16.2 Å². The van der Waals surface area contributed by atoms with Crippen LogP contribution in [0.2, 0.25) is 0 Å². The monoisotopic (exact) mass is 411 g/mol. The highest BCUT2D eigenvalue weighted by molar-refractivity contribution is 5.95. The molecule has 0 heterocycles. The second-order valence-electron chi connectivity index (χ2n) is 6.73. The first-order chi connectivity index (χ1) is 14.3. The van der Waals surface area contributed by atoms with Crippen LogP contribution in [0, 0.1) is 13.8 Å². The second kappa shape index (κ2) is 11.4. The van der Waals surface area contributed by atoms with Gasteiger partial charge >= 0.3 is 5.97 Å². The molecule has 2 aromatic rings. The molecule has 0 atom stereocenters. The topological polar surface area (TPSA) is 114 Å². The molecule has 0 spiro atoms. The van der Waals surface area contributed by atoms with Crippen LogP contribution in [0.25, 0.3) is 0 Å². The molecule has 0 saturated heterocycles. The summed E-state index contributed by atoms with van der Waals surface area (Å²) in [5, 5.41) is 2.66. The van der Waals surface area contributed by atoms with Crippen LogP contribution in [0.5, 0.6) is 0 Å². The molecule has 0 aliphatic heterocycles. The summed E-state index contributed by atoms with van der Waals surface area (Å²) in [6.45, 7) is 3.51. The van der Waals surface area contributed by atoms with E-state index in [9.17, 15) is 19.2 Å². The Morgan fingerprint density at radius 3 is 2.27 bits per heavy atom. The molecular weight excluding hydrogens is 386 g/mol. The Morgan fingerprint density at radius 2 is 1.57 bits per heavy atom. The Balaban J connectivity index is 1.60. The number of nitrogens with one attached hydrogen (secondary N) is 3. The van der Waals surface area contributed by atoms with E-state index in [0.29, 0.717) is 11.3 Å². The Hall–Kier alpha value is -3.68. The molecule has 0 radical (unpaired) electrons. The van der Waals surface area contributed by atoms with Crippen molar-refractivity contribution < 1.29 is 23.9 Å². The zero-order chi connectivity index (χ0) is 21.9. The maximum Gasteiger partial charge on any atom is 0.306 e. The number of amides is 3. The standard InChI is InChI=1S/C22H25N3O5/c1-15-11-12-18(13-16(15)2)23-20(27)14-30-21(28)10-6-9-19(26)24-25-22(29)17-7-4-3-5-8-17/h3-5,7-8,11-13H,6,9-10,14H2,1-2H3,(H,23,27)(H,24,26)(H,25,29). The van der Waals surface area contributed by atoms with Crippen molar-refractivity contribution in [3.8, 4) is 0 Å². The van der Waals surface area contributed by atoms with Gasteiger partial charge in [-0.15, -0.1) is 0 Å². The lowest BCUT2D eigenvalue weighted by Crippen LogP contribution is -2.41. The van der Waals surface area contributed by atoms with E-state index in [1.807, 2.05) is 26.0 Å². The highest BCUT2D eigenvalue weighted by Crippen LogP contribution is 2.14. The zero-order valence-corrected chi connectivity index (χ0v) is 17.0. The lowest BCUT2D eigenvalue weighted by molar-refractivity contribution is -0.147. The maximum absolute atomic E-state index is 11.9. The second-order valence-corrected chi connectivity index (χ2v) is 6.73. The van der Waals surface area contributed by atoms with E-state index in [0.717, 1.165) is 11.1 Å². The first kappa shape index (κ1) is 22.6. The minimum absolute atomic E-state index is 0.0169. The molecule has 2 rings (SSSR count). The lowest BCUT2D eigenvalue weighted by Gasteiger charge is -2.09. The van der Waals surface area contributed by atoms with E-state index in [1.165, 1.54) is 0 Å². The van der Waals surface area contributed by atoms with Gasteiger partial charge in [0.15, 0.2) is 6.61 Å². The van der Waals surface area contributed by atoms with Crippen molar-refractivity contribution in [2.45, 2.75) is 33.1 Å². The molecule has 158 valence electrons. The van der Waals surface area contributed by atoms with Crippen molar-refractivity contribution in [3.05, 3.63) is 65.2 Å². The zero-order valence-electron chi connectivity index (χ0n) is 17.0. The summed E-state index contributed by atoms with van der Waals surface area (Å²) in [7, 11) is 0. The number of hydrazine groups is 1. The number of benzene rings is 2. The average molecular weight is 411 g/mol. The van der Waals surface area contributed by atoms with Crippen LogP contribution in [0.4, 0.5) is 5.69 Å². The third-order valence-electron chi connectivity index (χ3n) is 4.29. The van der Waals surface area contributed by atoms with Crippen LogP contribution < -0.4 is 16.2 Å². The van der Waals surface area contributed by atoms with Crippen molar-refractivity contribution in [1.82, 2.24) is 10.9 Å². The van der Waals surface area contributed by atoms with Gasteiger partial charge in [-0.1, -0.05) is 24.3 Å². The molecule has 0 aliphatic carbocycles. The summed E-state index contributed by atoms with van der Waals surface area (Å²) < 4.78 is 4.92. The number of carbonyl (C=O) groups is 4. The van der Waals surface area contributed by atoms with E-state index in [4.69, 9.17) is 4.74 Å². The van der Waals surface area contributed by atoms with Gasteiger partial charge in [0, 0.05) is 24.1 Å². The number of ether oxygens (including phenoxy) is 1. The molecule has 0 saturated carbocycles. The van der Waals surface area contributed by atoms with Crippen LogP contribution in [0.3, 0.4) is 0 Å². The van der Waals surface area contributed by atoms with Gasteiger partial charge in [-0.2, -0.15) is 0 Å². The minimum Gasteiger partial charge on any atom is -0.456 e. The molecule has 0 fully saturated rings. The predicted octanol–water partition coefficient (Wildman–Crippen LogP) is 2.42. The first-order valence-corrected chi connectivity index (χ1v) is 9.52. The van der Waals surface area contributed by atoms with Gasteiger partial charge < -0.3 is 10.1 Å². The van der Waals surface area contributed by atoms with Gasteiger partial charge in [0.1, 0.15) is 0 Å². The minimum atomic E-state index is -0.577. The molecule has 0 bridgehead atoms. The van der Waals surface area contributed by atoms with Crippen molar-refractivity contribution in [2.24, 2.45) is 0 Å². The smallest absolute Gasteiger partial charge is 0.306 e. The van der Waals surface area contributed by atoms with Gasteiger partial charge in [0.05, 0.1) is 0 Å². The molecular formula is C22H25N3O5. The maximum atomic E-state index is 11.9. The molecule has 3 amide bonds. The largest absolute Gasteiger partial charge is 0.456 e. The summed E-state index contributed by atoms with van der Waals surface area (Å²) in [6, 6.07) is 13.9. The van der Waals surface area contributed by atoms with Gasteiger partial charge in [0.2, 0.25) is 5.91 Å². The van der Waals surface area contributed by atoms with Gasteiger partial charge in [-0.25, -0.2) is 0 Å². The van der Waals surface area contributed by atoms with Gasteiger partial charge in [0.25, 0.3) is 11.8 Å². The fourth-order valence-corrected chi connectivity index (χ4v) is 2.48. The molecule has 0 unspecified atom stereocenters. The molecule has 30 heavy (non-hydrogen) atoms. The molecule has 8 nitrogen and oxygen atoms in total. The van der Waals surface area contributed by atoms with E-state index >= 15 is 0 Å². The predicted molar refractivity (Wildman–Crippen MR) is 111 cm³/mol. The fraction of sp³-hybridized carbons (Fsp3) is 0.273. The molecule has 2 aromatic carbocycles. The normalized spacial score (nSPS) is 10.1. The Morgan fingerprint density at radius 1 is 0.833 bits per heavy atom. The average Bonchev–Trinajstić information content (AvgIpc) is 2.74. The number of aryl methyl sites for hydroxylation is 2. The van der Waals surface area contributed by atoms with Crippen molar-refractivity contribution in [3.63, 3.8) is 0 Å². The summed E-state index contributed by atoms with van der Waals surface area (Å²) >= 11 is 0. The third-order valence-corrected chi connectivity index (χ3v) is 4.29. The van der Waals surface area contributed by atoms with Crippen molar-refractivity contribution in [2.75, 3.05) is 11.9 Å². The van der Waals surface area contributed by atoms with Gasteiger partial charge in [-0.3, -0.25) is 30.0 Å². The van der Waals surface area contributed by atoms with Crippen LogP contribution >= 0.6 is 0 Å². The number of hydrogen-bond donors (Lipinski definition) is 3. The molecule has 0 aliphatic rings. The van der Waals surface area contributed by atoms with Crippen LogP contribution in [-0.4, -0.2) is 30.3 Å². The highest BCUT2D eigenvalue weighted by Gasteiger charge is 2.11. The van der Waals surface area contributed by atoms with Crippen molar-refractivity contribution in [1.29, 1.82) is 0 Å². The van der Waals surface area contributed by atoms with Gasteiger partial charge in [-0.05, 0) is 55.7 Å². The number of carbonyl (C=O) groups excluding carboxylic acids is 4. The summed E-state index contributed by atoms with van der Waals surface area (Å²) in [6.07, 6.45) is 0.237. The quantitative estimate of drug-likeness (QED) is 0.456. The Kier molecular flexibility index (Phi) is 8.56. The number of rotatable bonds is 8. The number of anilines is 1. The van der Waals surface area contributed by atoms with Crippen LogP contribution in [0.1, 0.15) is 40.7 Å². The van der Waals surface area contributed by atoms with E-state index in [1.54, 1.807) is 36.4 Å². The first-order valence-electron chi connectivity index (χ1n) is 9.52. The van der Waals surface area contributed by atoms with E-state index in [-0.39, 0.29) is 19.3 Å². The molecule has 0 aromatic heterocycles. The Labute approximate surface area is 175 Å². The summed E-state index contributed by atoms with van der Waals surface area (Å²) in [5.74, 6) is -1.88. The lowest BCUT2D eigenvalue weighted by atomic mass is 10.1. The third kappa shape index (κ3) is 7.75. The highest BCUT2D eigenvalue weighted by atomic mass is 16.5. The molecule has 8 heteroatoms. The fourth-order valence-electron chi connectivity index (χ4n) is 2.48. The number of hydrogen-bond acceptors (Lipinski definition) is 5. The molecule has 3 N–H and O–H groups in total. The van der Waals surface area contributed by atoms with Crippen molar-refractivity contribution >= 4 is 29.4 Å². The number of esters is 1. The van der Waals surface area contributed by atoms with Crippen LogP contribution in [-0.2, 0) is 19.1 Å². The Bertz CT molecular complexity index is 912. The van der Waals surface area contributed by atoms with Crippen LogP contribution in [0.15, 0.2) is 48.5 Å². The summed E-state index contributed by atoms with van der Waals surface area (Å²) in [5.41, 5.74) is 7.79.